The Bertz CT molecular complexity index is 645. The van der Waals surface area contributed by atoms with Gasteiger partial charge in [0.1, 0.15) is 5.75 Å². The van der Waals surface area contributed by atoms with Gasteiger partial charge in [0.2, 0.25) is 0 Å². The van der Waals surface area contributed by atoms with Gasteiger partial charge in [-0.2, -0.15) is 0 Å². The lowest BCUT2D eigenvalue weighted by atomic mass is 10.1. The lowest BCUT2D eigenvalue weighted by molar-refractivity contribution is 0.104. The van der Waals surface area contributed by atoms with Crippen LogP contribution >= 0.6 is 0 Å². The second kappa shape index (κ2) is 8.03. The van der Waals surface area contributed by atoms with Crippen molar-refractivity contribution < 1.29 is 9.53 Å². The van der Waals surface area contributed by atoms with Crippen molar-refractivity contribution in [3.63, 3.8) is 0 Å². The molecule has 0 heterocycles. The number of carbonyl (C=O) groups is 1. The van der Waals surface area contributed by atoms with Crippen molar-refractivity contribution in [3.05, 3.63) is 71.9 Å². The zero-order valence-electron chi connectivity index (χ0n) is 13.0. The van der Waals surface area contributed by atoms with Gasteiger partial charge >= 0.3 is 0 Å². The van der Waals surface area contributed by atoms with Crippen molar-refractivity contribution >= 4 is 11.5 Å². The summed E-state index contributed by atoms with van der Waals surface area (Å²) in [5.74, 6) is 0.738. The van der Waals surface area contributed by atoms with E-state index < -0.39 is 0 Å². The summed E-state index contributed by atoms with van der Waals surface area (Å²) in [5, 5.41) is 3.17. The summed E-state index contributed by atoms with van der Waals surface area (Å²) in [6.07, 6.45) is 4.18. The quantitative estimate of drug-likeness (QED) is 0.605. The van der Waals surface area contributed by atoms with E-state index >= 15 is 0 Å². The van der Waals surface area contributed by atoms with Crippen molar-refractivity contribution in [2.24, 2.45) is 0 Å². The van der Waals surface area contributed by atoms with Crippen LogP contribution < -0.4 is 10.1 Å². The Morgan fingerprint density at radius 2 is 1.82 bits per heavy atom. The van der Waals surface area contributed by atoms with Crippen molar-refractivity contribution in [1.29, 1.82) is 0 Å². The van der Waals surface area contributed by atoms with Gasteiger partial charge in [-0.3, -0.25) is 4.79 Å². The largest absolute Gasteiger partial charge is 0.494 e. The Kier molecular flexibility index (Phi) is 5.78. The fourth-order valence-electron chi connectivity index (χ4n) is 2.15. The molecule has 0 aromatic heterocycles. The highest BCUT2D eigenvalue weighted by atomic mass is 16.5. The highest BCUT2D eigenvalue weighted by Crippen LogP contribution is 2.16. The second-order valence-electron chi connectivity index (χ2n) is 4.81. The molecule has 0 saturated heterocycles. The molecule has 0 amide bonds. The summed E-state index contributed by atoms with van der Waals surface area (Å²) >= 11 is 0. The first-order chi connectivity index (χ1) is 10.7. The molecule has 22 heavy (non-hydrogen) atoms. The van der Waals surface area contributed by atoms with Gasteiger partial charge in [0, 0.05) is 23.5 Å². The van der Waals surface area contributed by atoms with E-state index in [0.717, 1.165) is 17.9 Å². The number of nitrogens with one attached hydrogen (secondary N) is 1. The lowest BCUT2D eigenvalue weighted by Gasteiger charge is -2.06. The molecule has 0 aliphatic heterocycles. The highest BCUT2D eigenvalue weighted by Gasteiger charge is 2.02. The average molecular weight is 295 g/mol. The number of benzene rings is 2. The first-order valence-electron chi connectivity index (χ1n) is 7.52. The third-order valence-corrected chi connectivity index (χ3v) is 3.32. The fraction of sp³-hybridized carbons (Fsp3) is 0.211. The van der Waals surface area contributed by atoms with Crippen molar-refractivity contribution in [2.45, 2.75) is 20.3 Å². The predicted octanol–water partition coefficient (Wildman–Crippen LogP) is 4.46. The van der Waals surface area contributed by atoms with E-state index in [1.165, 1.54) is 5.56 Å². The molecule has 0 aliphatic carbocycles. The van der Waals surface area contributed by atoms with E-state index in [2.05, 4.69) is 18.3 Å². The number of hydrogen-bond donors (Lipinski definition) is 1. The van der Waals surface area contributed by atoms with Crippen LogP contribution in [0.2, 0.25) is 0 Å². The number of rotatable bonds is 7. The highest BCUT2D eigenvalue weighted by molar-refractivity contribution is 6.04. The summed E-state index contributed by atoms with van der Waals surface area (Å²) in [6.45, 7) is 4.66. The number of ketones is 1. The molecule has 0 bridgehead atoms. The molecule has 3 heteroatoms. The minimum Gasteiger partial charge on any atom is -0.494 e. The first-order valence-corrected chi connectivity index (χ1v) is 7.52. The fourth-order valence-corrected chi connectivity index (χ4v) is 2.15. The van der Waals surface area contributed by atoms with E-state index in [4.69, 9.17) is 4.74 Å². The molecule has 0 radical (unpaired) electrons. The predicted molar refractivity (Wildman–Crippen MR) is 90.5 cm³/mol. The van der Waals surface area contributed by atoms with Crippen LogP contribution in [0.4, 0.5) is 5.69 Å². The standard InChI is InChI=1S/C19H21NO2/c1-3-15-7-5-6-8-18(15)20-14-13-19(21)16-9-11-17(12-10-16)22-4-2/h5-14,20H,3-4H2,1-2H3/b14-13+. The van der Waals surface area contributed by atoms with Gasteiger partial charge in [-0.05, 0) is 49.2 Å². The smallest absolute Gasteiger partial charge is 0.187 e. The van der Waals surface area contributed by atoms with Crippen LogP contribution in [-0.4, -0.2) is 12.4 Å². The van der Waals surface area contributed by atoms with E-state index in [1.54, 1.807) is 24.4 Å². The molecule has 2 aromatic carbocycles. The van der Waals surface area contributed by atoms with Crippen LogP contribution in [0.1, 0.15) is 29.8 Å². The van der Waals surface area contributed by atoms with Crippen LogP contribution in [0.15, 0.2) is 60.8 Å². The van der Waals surface area contributed by atoms with Gasteiger partial charge in [0.05, 0.1) is 6.61 Å². The third-order valence-electron chi connectivity index (χ3n) is 3.32. The summed E-state index contributed by atoms with van der Waals surface area (Å²) in [7, 11) is 0. The van der Waals surface area contributed by atoms with Gasteiger partial charge in [-0.25, -0.2) is 0 Å². The Morgan fingerprint density at radius 1 is 1.09 bits per heavy atom. The van der Waals surface area contributed by atoms with Crippen molar-refractivity contribution in [1.82, 2.24) is 0 Å². The number of aryl methyl sites for hydroxylation is 1. The van der Waals surface area contributed by atoms with Gasteiger partial charge < -0.3 is 10.1 Å². The number of para-hydroxylation sites is 1. The number of hydrogen-bond acceptors (Lipinski definition) is 3. The number of allylic oxidation sites excluding steroid dienone is 1. The summed E-state index contributed by atoms with van der Waals surface area (Å²) in [5.41, 5.74) is 2.90. The number of carbonyl (C=O) groups excluding carboxylic acids is 1. The normalized spacial score (nSPS) is 10.6. The molecule has 3 nitrogen and oxygen atoms in total. The van der Waals surface area contributed by atoms with Gasteiger partial charge in [0.25, 0.3) is 0 Å². The maximum atomic E-state index is 12.1. The Balaban J connectivity index is 1.99. The topological polar surface area (TPSA) is 38.3 Å². The molecule has 2 aromatic rings. The minimum atomic E-state index is -0.0375. The first kappa shape index (κ1) is 15.8. The zero-order valence-corrected chi connectivity index (χ0v) is 13.0. The lowest BCUT2D eigenvalue weighted by Crippen LogP contribution is -1.98. The molecule has 2 rings (SSSR count). The molecular weight excluding hydrogens is 274 g/mol. The molecule has 114 valence electrons. The molecule has 0 saturated carbocycles. The van der Waals surface area contributed by atoms with Gasteiger partial charge in [-0.15, -0.1) is 0 Å². The zero-order chi connectivity index (χ0) is 15.8. The Morgan fingerprint density at radius 3 is 2.50 bits per heavy atom. The van der Waals surface area contributed by atoms with Crippen LogP contribution in [-0.2, 0) is 6.42 Å². The third kappa shape index (κ3) is 4.22. The molecule has 0 aliphatic rings. The average Bonchev–Trinajstić information content (AvgIpc) is 2.56. The molecule has 0 unspecified atom stereocenters. The second-order valence-corrected chi connectivity index (χ2v) is 4.81. The maximum absolute atomic E-state index is 12.1. The van der Waals surface area contributed by atoms with E-state index in [0.29, 0.717) is 12.2 Å². The van der Waals surface area contributed by atoms with Crippen LogP contribution in [0.25, 0.3) is 0 Å². The van der Waals surface area contributed by atoms with E-state index in [9.17, 15) is 4.79 Å². The maximum Gasteiger partial charge on any atom is 0.187 e. The van der Waals surface area contributed by atoms with Crippen LogP contribution in [0.5, 0.6) is 5.75 Å². The summed E-state index contributed by atoms with van der Waals surface area (Å²) in [6, 6.07) is 15.2. The van der Waals surface area contributed by atoms with E-state index in [1.807, 2.05) is 37.3 Å². The van der Waals surface area contributed by atoms with Gasteiger partial charge in [0.15, 0.2) is 5.78 Å². The monoisotopic (exact) mass is 295 g/mol. The van der Waals surface area contributed by atoms with Crippen LogP contribution in [0, 0.1) is 0 Å². The molecule has 0 fully saturated rings. The Labute approximate surface area is 131 Å². The molecular formula is C19H21NO2. The summed E-state index contributed by atoms with van der Waals surface area (Å²) in [4.78, 5) is 12.1. The number of ether oxygens (including phenoxy) is 1. The summed E-state index contributed by atoms with van der Waals surface area (Å²) < 4.78 is 5.36. The molecule has 0 atom stereocenters. The SMILES string of the molecule is CCOc1ccc(C(=O)/C=C/Nc2ccccc2CC)cc1. The number of anilines is 1. The van der Waals surface area contributed by atoms with Gasteiger partial charge in [-0.1, -0.05) is 25.1 Å². The Hall–Kier alpha value is -2.55. The molecule has 0 spiro atoms. The van der Waals surface area contributed by atoms with E-state index in [-0.39, 0.29) is 5.78 Å². The molecule has 1 N–H and O–H groups in total. The minimum absolute atomic E-state index is 0.0375. The van der Waals surface area contributed by atoms with Crippen molar-refractivity contribution in [3.8, 4) is 5.75 Å². The van der Waals surface area contributed by atoms with Crippen LogP contribution in [0.3, 0.4) is 0 Å². The van der Waals surface area contributed by atoms with Crippen molar-refractivity contribution in [2.75, 3.05) is 11.9 Å².